The van der Waals surface area contributed by atoms with Gasteiger partial charge in [-0.25, -0.2) is 0 Å². The minimum atomic E-state index is -0.755. The highest BCUT2D eigenvalue weighted by Crippen LogP contribution is 2.49. The van der Waals surface area contributed by atoms with E-state index in [1.54, 1.807) is 0 Å². The molecule has 2 atom stereocenters. The van der Waals surface area contributed by atoms with Gasteiger partial charge in [0.25, 0.3) is 0 Å². The van der Waals surface area contributed by atoms with E-state index in [-0.39, 0.29) is 5.41 Å². The molecule has 1 aliphatic rings. The van der Waals surface area contributed by atoms with E-state index in [2.05, 4.69) is 37.9 Å². The first-order valence-electron chi connectivity index (χ1n) is 7.45. The second kappa shape index (κ2) is 4.56. The minimum Gasteiger partial charge on any atom is -0.385 e. The summed E-state index contributed by atoms with van der Waals surface area (Å²) in [6.45, 7) is 6.75. The summed E-state index contributed by atoms with van der Waals surface area (Å²) in [7, 11) is 0. The molecule has 1 heterocycles. The van der Waals surface area contributed by atoms with Crippen molar-refractivity contribution in [2.45, 2.75) is 45.6 Å². The van der Waals surface area contributed by atoms with Crippen LogP contribution in [0.3, 0.4) is 0 Å². The lowest BCUT2D eigenvalue weighted by molar-refractivity contribution is -0.0626. The molecule has 2 nitrogen and oxygen atoms in total. The van der Waals surface area contributed by atoms with Gasteiger partial charge in [0.15, 0.2) is 0 Å². The monoisotopic (exact) mass is 269 g/mol. The van der Waals surface area contributed by atoms with Crippen molar-refractivity contribution < 1.29 is 5.11 Å². The molecule has 0 amide bonds. The molecule has 0 radical (unpaired) electrons. The maximum atomic E-state index is 11.3. The largest absolute Gasteiger partial charge is 0.385 e. The van der Waals surface area contributed by atoms with Crippen LogP contribution in [0.5, 0.6) is 0 Å². The van der Waals surface area contributed by atoms with Crippen LogP contribution in [0.25, 0.3) is 10.8 Å². The Labute approximate surface area is 120 Å². The van der Waals surface area contributed by atoms with Crippen molar-refractivity contribution in [2.75, 3.05) is 0 Å². The zero-order chi connectivity index (χ0) is 14.4. The molecule has 1 aromatic heterocycles. The van der Waals surface area contributed by atoms with Crippen molar-refractivity contribution in [3.63, 3.8) is 0 Å². The standard InChI is InChI=1S/C18H23NO/c1-13-8-17(2,3)12-18(20,9-13)16-11-19-10-14-6-4-5-7-15(14)16/h4-7,10-11,13,20H,8-9,12H2,1-3H3. The summed E-state index contributed by atoms with van der Waals surface area (Å²) in [5.41, 5.74) is 0.411. The molecule has 1 aromatic carbocycles. The molecule has 2 aromatic rings. The number of nitrogens with zero attached hydrogens (tertiary/aromatic N) is 1. The number of pyridine rings is 1. The lowest BCUT2D eigenvalue weighted by atomic mass is 9.63. The van der Waals surface area contributed by atoms with Gasteiger partial charge in [-0.3, -0.25) is 4.98 Å². The third-order valence-corrected chi connectivity index (χ3v) is 4.53. The predicted octanol–water partition coefficient (Wildman–Crippen LogP) is 4.27. The summed E-state index contributed by atoms with van der Waals surface area (Å²) < 4.78 is 0. The Bertz CT molecular complexity index is 629. The molecular weight excluding hydrogens is 246 g/mol. The van der Waals surface area contributed by atoms with E-state index in [1.165, 1.54) is 6.42 Å². The molecule has 3 rings (SSSR count). The molecule has 20 heavy (non-hydrogen) atoms. The van der Waals surface area contributed by atoms with Gasteiger partial charge in [-0.2, -0.15) is 0 Å². The van der Waals surface area contributed by atoms with Crippen molar-refractivity contribution in [3.8, 4) is 0 Å². The Morgan fingerprint density at radius 1 is 1.15 bits per heavy atom. The van der Waals surface area contributed by atoms with Crippen LogP contribution in [0.2, 0.25) is 0 Å². The summed E-state index contributed by atoms with van der Waals surface area (Å²) in [4.78, 5) is 4.35. The average Bonchev–Trinajstić information content (AvgIpc) is 2.35. The van der Waals surface area contributed by atoms with E-state index in [0.29, 0.717) is 5.92 Å². The van der Waals surface area contributed by atoms with Gasteiger partial charge >= 0.3 is 0 Å². The van der Waals surface area contributed by atoms with Crippen LogP contribution in [-0.2, 0) is 5.60 Å². The normalized spacial score (nSPS) is 29.5. The molecule has 2 unspecified atom stereocenters. The lowest BCUT2D eigenvalue weighted by Gasteiger charge is -2.45. The second-order valence-corrected chi connectivity index (χ2v) is 7.29. The van der Waals surface area contributed by atoms with E-state index in [9.17, 15) is 5.11 Å². The first-order valence-corrected chi connectivity index (χ1v) is 7.45. The van der Waals surface area contributed by atoms with Crippen LogP contribution < -0.4 is 0 Å². The first kappa shape index (κ1) is 13.6. The van der Waals surface area contributed by atoms with E-state index < -0.39 is 5.60 Å². The van der Waals surface area contributed by atoms with Gasteiger partial charge in [-0.15, -0.1) is 0 Å². The lowest BCUT2D eigenvalue weighted by Crippen LogP contribution is -2.40. The molecular formula is C18H23NO. The third-order valence-electron chi connectivity index (χ3n) is 4.53. The molecule has 106 valence electrons. The Hall–Kier alpha value is -1.41. The summed E-state index contributed by atoms with van der Waals surface area (Å²) in [5, 5.41) is 13.5. The predicted molar refractivity (Wildman–Crippen MR) is 82.4 cm³/mol. The van der Waals surface area contributed by atoms with E-state index in [4.69, 9.17) is 0 Å². The molecule has 1 saturated carbocycles. The number of aliphatic hydroxyl groups is 1. The van der Waals surface area contributed by atoms with E-state index in [0.717, 1.165) is 29.2 Å². The number of aromatic nitrogens is 1. The van der Waals surface area contributed by atoms with Gasteiger partial charge in [-0.05, 0) is 36.0 Å². The topological polar surface area (TPSA) is 33.1 Å². The number of fused-ring (bicyclic) bond motifs is 1. The minimum absolute atomic E-state index is 0.170. The third kappa shape index (κ3) is 2.33. The quantitative estimate of drug-likeness (QED) is 0.838. The SMILES string of the molecule is CC1CC(C)(C)CC(O)(c2cncc3ccccc23)C1. The zero-order valence-corrected chi connectivity index (χ0v) is 12.6. The molecule has 2 heteroatoms. The molecule has 0 saturated heterocycles. The van der Waals surface area contributed by atoms with Crippen LogP contribution >= 0.6 is 0 Å². The van der Waals surface area contributed by atoms with Crippen molar-refractivity contribution in [1.29, 1.82) is 0 Å². The van der Waals surface area contributed by atoms with Crippen LogP contribution in [0.15, 0.2) is 36.7 Å². The molecule has 1 fully saturated rings. The van der Waals surface area contributed by atoms with E-state index in [1.807, 2.05) is 24.5 Å². The number of rotatable bonds is 1. The summed E-state index contributed by atoms with van der Waals surface area (Å²) in [6.07, 6.45) is 6.54. The number of benzene rings is 1. The molecule has 0 aliphatic heterocycles. The first-order chi connectivity index (χ1) is 9.40. The highest BCUT2D eigenvalue weighted by molar-refractivity contribution is 5.85. The van der Waals surface area contributed by atoms with Gasteiger partial charge in [0.1, 0.15) is 0 Å². The van der Waals surface area contributed by atoms with Crippen LogP contribution in [0.4, 0.5) is 0 Å². The van der Waals surface area contributed by atoms with Gasteiger partial charge < -0.3 is 5.11 Å². The van der Waals surface area contributed by atoms with Crippen molar-refractivity contribution in [3.05, 3.63) is 42.2 Å². The smallest absolute Gasteiger partial charge is 0.0925 e. The fourth-order valence-electron chi connectivity index (χ4n) is 4.22. The Kier molecular flexibility index (Phi) is 3.09. The van der Waals surface area contributed by atoms with Crippen molar-refractivity contribution >= 4 is 10.8 Å². The molecule has 0 spiro atoms. The maximum absolute atomic E-state index is 11.3. The van der Waals surface area contributed by atoms with E-state index >= 15 is 0 Å². The van der Waals surface area contributed by atoms with Gasteiger partial charge in [0, 0.05) is 23.3 Å². The summed E-state index contributed by atoms with van der Waals surface area (Å²) in [6, 6.07) is 8.21. The zero-order valence-electron chi connectivity index (χ0n) is 12.6. The van der Waals surface area contributed by atoms with Gasteiger partial charge in [-0.1, -0.05) is 45.0 Å². The van der Waals surface area contributed by atoms with Crippen LogP contribution in [0.1, 0.15) is 45.6 Å². The van der Waals surface area contributed by atoms with Crippen LogP contribution in [-0.4, -0.2) is 10.1 Å². The fraction of sp³-hybridized carbons (Fsp3) is 0.500. The summed E-state index contributed by atoms with van der Waals surface area (Å²) >= 11 is 0. The average molecular weight is 269 g/mol. The number of hydrogen-bond acceptors (Lipinski definition) is 2. The Morgan fingerprint density at radius 2 is 1.90 bits per heavy atom. The van der Waals surface area contributed by atoms with Gasteiger partial charge in [0.2, 0.25) is 0 Å². The second-order valence-electron chi connectivity index (χ2n) is 7.29. The highest BCUT2D eigenvalue weighted by atomic mass is 16.3. The summed E-state index contributed by atoms with van der Waals surface area (Å²) in [5.74, 6) is 0.530. The van der Waals surface area contributed by atoms with Crippen LogP contribution in [0, 0.1) is 11.3 Å². The molecule has 1 N–H and O–H groups in total. The molecule has 1 aliphatic carbocycles. The van der Waals surface area contributed by atoms with Crippen molar-refractivity contribution in [1.82, 2.24) is 4.98 Å². The van der Waals surface area contributed by atoms with Crippen molar-refractivity contribution in [2.24, 2.45) is 11.3 Å². The Morgan fingerprint density at radius 3 is 2.65 bits per heavy atom. The van der Waals surface area contributed by atoms with Gasteiger partial charge in [0.05, 0.1) is 5.60 Å². The highest BCUT2D eigenvalue weighted by Gasteiger charge is 2.43. The Balaban J connectivity index is 2.14. The fourth-order valence-corrected chi connectivity index (χ4v) is 4.22. The molecule has 0 bridgehead atoms. The maximum Gasteiger partial charge on any atom is 0.0925 e. The number of hydrogen-bond donors (Lipinski definition) is 1.